The molecule has 0 aromatic rings. The largest absolute Gasteiger partial charge is 0.381 e. The molecule has 0 spiro atoms. The van der Waals surface area contributed by atoms with Crippen molar-refractivity contribution in [2.45, 2.75) is 6.42 Å². The topological polar surface area (TPSA) is 27.7 Å². The number of hydrogen-bond acceptors (Lipinski definition) is 3. The smallest absolute Gasteiger partial charge is 0.146 e. The van der Waals surface area contributed by atoms with Crippen LogP contribution in [-0.2, 0) is 14.2 Å². The summed E-state index contributed by atoms with van der Waals surface area (Å²) < 4.78 is 15.1. The van der Waals surface area contributed by atoms with Gasteiger partial charge in [0.25, 0.3) is 0 Å². The van der Waals surface area contributed by atoms with Crippen molar-refractivity contribution in [1.82, 2.24) is 0 Å². The zero-order valence-corrected chi connectivity index (χ0v) is 6.34. The third kappa shape index (κ3) is 2.64. The van der Waals surface area contributed by atoms with Crippen LogP contribution in [0.1, 0.15) is 6.42 Å². The van der Waals surface area contributed by atoms with Crippen molar-refractivity contribution in [1.29, 1.82) is 0 Å². The molecule has 0 N–H and O–H groups in total. The molecule has 10 heavy (non-hydrogen) atoms. The lowest BCUT2D eigenvalue weighted by Gasteiger charge is -2.06. The SMILES string of the molecule is COCOCC1CCOC1. The molecule has 1 heterocycles. The van der Waals surface area contributed by atoms with Crippen LogP contribution in [0.4, 0.5) is 0 Å². The fourth-order valence-electron chi connectivity index (χ4n) is 1.01. The Labute approximate surface area is 61.3 Å². The summed E-state index contributed by atoms with van der Waals surface area (Å²) in [6, 6.07) is 0. The lowest BCUT2D eigenvalue weighted by atomic mass is 10.1. The lowest BCUT2D eigenvalue weighted by molar-refractivity contribution is -0.0437. The van der Waals surface area contributed by atoms with E-state index in [1.54, 1.807) is 7.11 Å². The summed E-state index contributed by atoms with van der Waals surface area (Å²) in [5.74, 6) is 0.593. The molecule has 1 fully saturated rings. The normalized spacial score (nSPS) is 25.5. The Bertz CT molecular complexity index is 78.9. The minimum atomic E-state index is 0.399. The Hall–Kier alpha value is -0.120. The second kappa shape index (κ2) is 4.66. The number of methoxy groups -OCH3 is 1. The van der Waals surface area contributed by atoms with Gasteiger partial charge in [0.2, 0.25) is 0 Å². The number of ether oxygens (including phenoxy) is 3. The van der Waals surface area contributed by atoms with Crippen LogP contribution < -0.4 is 0 Å². The van der Waals surface area contributed by atoms with Crippen LogP contribution in [0.3, 0.4) is 0 Å². The van der Waals surface area contributed by atoms with Gasteiger partial charge >= 0.3 is 0 Å². The van der Waals surface area contributed by atoms with E-state index in [1.165, 1.54) is 0 Å². The minimum Gasteiger partial charge on any atom is -0.381 e. The monoisotopic (exact) mass is 146 g/mol. The van der Waals surface area contributed by atoms with Gasteiger partial charge in [-0.3, -0.25) is 0 Å². The summed E-state index contributed by atoms with van der Waals surface area (Å²) in [7, 11) is 1.63. The second-order valence-corrected chi connectivity index (χ2v) is 2.51. The predicted molar refractivity (Wildman–Crippen MR) is 36.8 cm³/mol. The Morgan fingerprint density at radius 3 is 3.10 bits per heavy atom. The molecule has 1 rings (SSSR count). The molecule has 0 amide bonds. The molecule has 0 aromatic carbocycles. The average Bonchev–Trinajstić information content (AvgIpc) is 2.41. The zero-order valence-electron chi connectivity index (χ0n) is 6.34. The molecule has 0 aromatic heterocycles. The Morgan fingerprint density at radius 2 is 2.50 bits per heavy atom. The highest BCUT2D eigenvalue weighted by molar-refractivity contribution is 4.62. The van der Waals surface area contributed by atoms with Gasteiger partial charge in [-0.25, -0.2) is 0 Å². The molecular weight excluding hydrogens is 132 g/mol. The van der Waals surface area contributed by atoms with E-state index in [1.807, 2.05) is 0 Å². The standard InChI is InChI=1S/C7H14O3/c1-8-6-10-5-7-2-3-9-4-7/h7H,2-6H2,1H3. The molecule has 3 heteroatoms. The third-order valence-corrected chi connectivity index (χ3v) is 1.58. The molecule has 1 unspecified atom stereocenters. The van der Waals surface area contributed by atoms with E-state index in [4.69, 9.17) is 14.2 Å². The van der Waals surface area contributed by atoms with E-state index < -0.39 is 0 Å². The van der Waals surface area contributed by atoms with Crippen LogP contribution in [0.25, 0.3) is 0 Å². The zero-order chi connectivity index (χ0) is 7.23. The van der Waals surface area contributed by atoms with Crippen LogP contribution in [0, 0.1) is 5.92 Å². The van der Waals surface area contributed by atoms with E-state index in [-0.39, 0.29) is 0 Å². The average molecular weight is 146 g/mol. The van der Waals surface area contributed by atoms with Gasteiger partial charge in [-0.1, -0.05) is 0 Å². The molecular formula is C7H14O3. The van der Waals surface area contributed by atoms with Gasteiger partial charge in [-0.2, -0.15) is 0 Å². The van der Waals surface area contributed by atoms with Gasteiger partial charge in [-0.15, -0.1) is 0 Å². The maximum atomic E-state index is 5.17. The first-order chi connectivity index (χ1) is 4.93. The van der Waals surface area contributed by atoms with Crippen molar-refractivity contribution in [3.63, 3.8) is 0 Å². The highest BCUT2D eigenvalue weighted by Crippen LogP contribution is 2.11. The van der Waals surface area contributed by atoms with Gasteiger partial charge in [-0.05, 0) is 6.42 Å². The summed E-state index contributed by atoms with van der Waals surface area (Å²) in [6.45, 7) is 2.91. The maximum Gasteiger partial charge on any atom is 0.146 e. The van der Waals surface area contributed by atoms with E-state index >= 15 is 0 Å². The molecule has 60 valence electrons. The second-order valence-electron chi connectivity index (χ2n) is 2.51. The van der Waals surface area contributed by atoms with E-state index in [0.29, 0.717) is 12.7 Å². The third-order valence-electron chi connectivity index (χ3n) is 1.58. The van der Waals surface area contributed by atoms with Crippen molar-refractivity contribution < 1.29 is 14.2 Å². The predicted octanol–water partition coefficient (Wildman–Crippen LogP) is 0.643. The summed E-state index contributed by atoms with van der Waals surface area (Å²) in [5, 5.41) is 0. The minimum absolute atomic E-state index is 0.399. The summed E-state index contributed by atoms with van der Waals surface area (Å²) in [4.78, 5) is 0. The van der Waals surface area contributed by atoms with Crippen molar-refractivity contribution in [2.24, 2.45) is 5.92 Å². The van der Waals surface area contributed by atoms with Crippen LogP contribution in [0.2, 0.25) is 0 Å². The van der Waals surface area contributed by atoms with Gasteiger partial charge in [0.1, 0.15) is 6.79 Å². The van der Waals surface area contributed by atoms with E-state index in [9.17, 15) is 0 Å². The van der Waals surface area contributed by atoms with Crippen molar-refractivity contribution in [2.75, 3.05) is 33.7 Å². The number of rotatable bonds is 4. The molecule has 1 aliphatic heterocycles. The van der Waals surface area contributed by atoms with Gasteiger partial charge < -0.3 is 14.2 Å². The van der Waals surface area contributed by atoms with Gasteiger partial charge in [0.05, 0.1) is 13.2 Å². The molecule has 1 atom stereocenters. The van der Waals surface area contributed by atoms with Crippen LogP contribution in [0.15, 0.2) is 0 Å². The fourth-order valence-corrected chi connectivity index (χ4v) is 1.01. The van der Waals surface area contributed by atoms with Crippen LogP contribution in [-0.4, -0.2) is 33.7 Å². The van der Waals surface area contributed by atoms with E-state index in [2.05, 4.69) is 0 Å². The Kier molecular flexibility index (Phi) is 3.72. The van der Waals surface area contributed by atoms with Gasteiger partial charge in [0.15, 0.2) is 0 Å². The maximum absolute atomic E-state index is 5.17. The molecule has 0 aliphatic carbocycles. The van der Waals surface area contributed by atoms with Crippen LogP contribution in [0.5, 0.6) is 0 Å². The van der Waals surface area contributed by atoms with Crippen molar-refractivity contribution >= 4 is 0 Å². The summed E-state index contributed by atoms with van der Waals surface area (Å²) in [5.41, 5.74) is 0. The highest BCUT2D eigenvalue weighted by Gasteiger charge is 2.14. The molecule has 3 nitrogen and oxygen atoms in total. The molecule has 1 saturated heterocycles. The molecule has 0 radical (unpaired) electrons. The quantitative estimate of drug-likeness (QED) is 0.430. The summed E-state index contributed by atoms with van der Waals surface area (Å²) in [6.07, 6.45) is 1.13. The van der Waals surface area contributed by atoms with Crippen molar-refractivity contribution in [3.05, 3.63) is 0 Å². The van der Waals surface area contributed by atoms with Crippen LogP contribution >= 0.6 is 0 Å². The summed E-state index contributed by atoms with van der Waals surface area (Å²) >= 11 is 0. The highest BCUT2D eigenvalue weighted by atomic mass is 16.7. The molecule has 1 aliphatic rings. The Morgan fingerprint density at radius 1 is 1.60 bits per heavy atom. The molecule has 0 saturated carbocycles. The lowest BCUT2D eigenvalue weighted by Crippen LogP contribution is -2.10. The molecule has 0 bridgehead atoms. The first-order valence-electron chi connectivity index (χ1n) is 3.58. The van der Waals surface area contributed by atoms with E-state index in [0.717, 1.165) is 26.2 Å². The first-order valence-corrected chi connectivity index (χ1v) is 3.58. The van der Waals surface area contributed by atoms with Gasteiger partial charge in [0, 0.05) is 19.6 Å². The fraction of sp³-hybridized carbons (Fsp3) is 1.00. The Balaban J connectivity index is 1.91. The first kappa shape index (κ1) is 7.98. The number of hydrogen-bond donors (Lipinski definition) is 0. The van der Waals surface area contributed by atoms with Crippen molar-refractivity contribution in [3.8, 4) is 0 Å².